The minimum absolute atomic E-state index is 0. The highest BCUT2D eigenvalue weighted by atomic mass is 127. The molecule has 0 spiro atoms. The zero-order chi connectivity index (χ0) is 21.3. The van der Waals surface area contributed by atoms with Crippen LogP contribution < -0.4 is 20.1 Å². The fourth-order valence-corrected chi connectivity index (χ4v) is 3.97. The van der Waals surface area contributed by atoms with Crippen LogP contribution in [0.4, 0.5) is 0 Å². The summed E-state index contributed by atoms with van der Waals surface area (Å²) >= 11 is 0. The van der Waals surface area contributed by atoms with Gasteiger partial charge in [-0.2, -0.15) is 0 Å². The van der Waals surface area contributed by atoms with Crippen LogP contribution in [0.15, 0.2) is 53.5 Å². The van der Waals surface area contributed by atoms with Crippen molar-refractivity contribution in [3.05, 3.63) is 59.7 Å². The summed E-state index contributed by atoms with van der Waals surface area (Å²) in [6.45, 7) is 5.04. The number of nitrogens with one attached hydrogen (secondary N) is 2. The number of piperidine rings is 1. The Morgan fingerprint density at radius 3 is 2.55 bits per heavy atom. The van der Waals surface area contributed by atoms with Crippen molar-refractivity contribution in [2.75, 3.05) is 27.8 Å². The molecule has 2 unspecified atom stereocenters. The number of ether oxygens (including phenoxy) is 2. The van der Waals surface area contributed by atoms with Crippen LogP contribution in [-0.4, -0.2) is 50.8 Å². The molecule has 2 aromatic carbocycles. The Kier molecular flexibility index (Phi) is 10.4. The summed E-state index contributed by atoms with van der Waals surface area (Å²) in [5.41, 5.74) is 2.44. The molecule has 0 bridgehead atoms. The lowest BCUT2D eigenvalue weighted by atomic mass is 9.97. The van der Waals surface area contributed by atoms with Crippen LogP contribution in [0.3, 0.4) is 0 Å². The summed E-state index contributed by atoms with van der Waals surface area (Å²) in [5.74, 6) is 2.41. The highest BCUT2D eigenvalue weighted by Crippen LogP contribution is 2.24. The maximum Gasteiger partial charge on any atom is 0.191 e. The third kappa shape index (κ3) is 7.28. The summed E-state index contributed by atoms with van der Waals surface area (Å²) in [5, 5.41) is 7.01. The van der Waals surface area contributed by atoms with Gasteiger partial charge in [0.1, 0.15) is 11.5 Å². The van der Waals surface area contributed by atoms with Crippen LogP contribution in [-0.2, 0) is 13.1 Å². The molecule has 0 aliphatic carbocycles. The fourth-order valence-electron chi connectivity index (χ4n) is 3.97. The number of halogens is 1. The van der Waals surface area contributed by atoms with Crippen LogP contribution >= 0.6 is 24.0 Å². The van der Waals surface area contributed by atoms with E-state index >= 15 is 0 Å². The van der Waals surface area contributed by atoms with E-state index in [1.165, 1.54) is 5.56 Å². The van der Waals surface area contributed by atoms with Gasteiger partial charge < -0.3 is 20.1 Å². The highest BCUT2D eigenvalue weighted by Gasteiger charge is 2.26. The molecule has 2 N–H and O–H groups in total. The summed E-state index contributed by atoms with van der Waals surface area (Å²) in [6.07, 6.45) is 2.20. The molecule has 1 aliphatic heterocycles. The third-order valence-electron chi connectivity index (χ3n) is 5.75. The van der Waals surface area contributed by atoms with E-state index in [1.807, 2.05) is 25.2 Å². The molecule has 3 rings (SSSR count). The van der Waals surface area contributed by atoms with Crippen molar-refractivity contribution in [2.24, 2.45) is 4.99 Å². The van der Waals surface area contributed by atoms with E-state index < -0.39 is 0 Å². The molecule has 170 valence electrons. The van der Waals surface area contributed by atoms with E-state index in [0.717, 1.165) is 49.0 Å². The summed E-state index contributed by atoms with van der Waals surface area (Å²) in [4.78, 5) is 6.97. The molecule has 1 aliphatic rings. The SMILES string of the molecule is CN=C(NCc1ccc(OC)cc1OC)NC1CCN(Cc2ccccc2)C(C)C1.I. The molecule has 1 fully saturated rings. The van der Waals surface area contributed by atoms with E-state index in [2.05, 4.69) is 57.8 Å². The molecule has 1 heterocycles. The quantitative estimate of drug-likeness (QED) is 0.317. The first-order chi connectivity index (χ1) is 14.6. The number of aliphatic imine (C=N–C) groups is 1. The molecule has 2 aromatic rings. The van der Waals surface area contributed by atoms with Gasteiger partial charge >= 0.3 is 0 Å². The lowest BCUT2D eigenvalue weighted by molar-refractivity contribution is 0.134. The number of benzene rings is 2. The van der Waals surface area contributed by atoms with E-state index in [1.54, 1.807) is 14.2 Å². The second kappa shape index (κ2) is 12.8. The number of methoxy groups -OCH3 is 2. The largest absolute Gasteiger partial charge is 0.497 e. The third-order valence-corrected chi connectivity index (χ3v) is 5.75. The van der Waals surface area contributed by atoms with Gasteiger partial charge in [0, 0.05) is 50.4 Å². The van der Waals surface area contributed by atoms with Crippen molar-refractivity contribution in [2.45, 2.75) is 44.9 Å². The highest BCUT2D eigenvalue weighted by molar-refractivity contribution is 14.0. The van der Waals surface area contributed by atoms with Crippen molar-refractivity contribution < 1.29 is 9.47 Å². The van der Waals surface area contributed by atoms with Gasteiger partial charge in [0.25, 0.3) is 0 Å². The van der Waals surface area contributed by atoms with Crippen LogP contribution in [0.25, 0.3) is 0 Å². The number of hydrogen-bond donors (Lipinski definition) is 2. The van der Waals surface area contributed by atoms with Gasteiger partial charge in [-0.05, 0) is 37.5 Å². The van der Waals surface area contributed by atoms with Crippen molar-refractivity contribution in [3.63, 3.8) is 0 Å². The second-order valence-electron chi connectivity index (χ2n) is 7.77. The number of guanidine groups is 1. The zero-order valence-electron chi connectivity index (χ0n) is 18.9. The number of likely N-dealkylation sites (tertiary alicyclic amines) is 1. The minimum atomic E-state index is 0. The van der Waals surface area contributed by atoms with Gasteiger partial charge in [-0.1, -0.05) is 30.3 Å². The Labute approximate surface area is 203 Å². The molecule has 1 saturated heterocycles. The first kappa shape index (κ1) is 25.3. The Morgan fingerprint density at radius 1 is 1.13 bits per heavy atom. The standard InChI is InChI=1S/C24H34N4O2.HI/c1-18-14-21(12-13-28(18)17-19-8-6-5-7-9-19)27-24(25-2)26-16-20-10-11-22(29-3)15-23(20)30-4;/h5-11,15,18,21H,12-14,16-17H2,1-4H3,(H2,25,26,27);1H. The molecule has 7 heteroatoms. The van der Waals surface area contributed by atoms with E-state index in [9.17, 15) is 0 Å². The number of hydrogen-bond acceptors (Lipinski definition) is 4. The van der Waals surface area contributed by atoms with Gasteiger partial charge in [-0.3, -0.25) is 9.89 Å². The predicted molar refractivity (Wildman–Crippen MR) is 138 cm³/mol. The van der Waals surface area contributed by atoms with Crippen LogP contribution in [0.2, 0.25) is 0 Å². The van der Waals surface area contributed by atoms with E-state index in [0.29, 0.717) is 18.6 Å². The first-order valence-electron chi connectivity index (χ1n) is 10.6. The maximum absolute atomic E-state index is 5.49. The smallest absolute Gasteiger partial charge is 0.191 e. The topological polar surface area (TPSA) is 58.1 Å². The average molecular weight is 538 g/mol. The van der Waals surface area contributed by atoms with E-state index in [4.69, 9.17) is 9.47 Å². The van der Waals surface area contributed by atoms with Gasteiger partial charge in [-0.25, -0.2) is 0 Å². The van der Waals surface area contributed by atoms with Crippen LogP contribution in [0.1, 0.15) is 30.9 Å². The molecule has 0 aromatic heterocycles. The van der Waals surface area contributed by atoms with Gasteiger partial charge in [0.05, 0.1) is 14.2 Å². The monoisotopic (exact) mass is 538 g/mol. The van der Waals surface area contributed by atoms with Crippen molar-refractivity contribution in [3.8, 4) is 11.5 Å². The molecule has 0 saturated carbocycles. The van der Waals surface area contributed by atoms with Crippen LogP contribution in [0.5, 0.6) is 11.5 Å². The van der Waals surface area contributed by atoms with Gasteiger partial charge in [0.2, 0.25) is 0 Å². The summed E-state index contributed by atoms with van der Waals surface area (Å²) in [6, 6.07) is 17.5. The summed E-state index contributed by atoms with van der Waals surface area (Å²) < 4.78 is 10.8. The molecule has 2 atom stereocenters. The molecule has 6 nitrogen and oxygen atoms in total. The van der Waals surface area contributed by atoms with Gasteiger partial charge in [0.15, 0.2) is 5.96 Å². The molecule has 31 heavy (non-hydrogen) atoms. The molecular formula is C24H35IN4O2. The van der Waals surface area contributed by atoms with Crippen molar-refractivity contribution >= 4 is 29.9 Å². The molecule has 0 amide bonds. The van der Waals surface area contributed by atoms with Crippen LogP contribution in [0, 0.1) is 0 Å². The van der Waals surface area contributed by atoms with E-state index in [-0.39, 0.29) is 24.0 Å². The van der Waals surface area contributed by atoms with Crippen molar-refractivity contribution in [1.82, 2.24) is 15.5 Å². The maximum atomic E-state index is 5.49. The molecule has 0 radical (unpaired) electrons. The Balaban J connectivity index is 0.00000341. The second-order valence-corrected chi connectivity index (χ2v) is 7.77. The summed E-state index contributed by atoms with van der Waals surface area (Å²) in [7, 11) is 5.15. The minimum Gasteiger partial charge on any atom is -0.497 e. The Hall–Kier alpha value is -2.00. The fraction of sp³-hybridized carbons (Fsp3) is 0.458. The zero-order valence-corrected chi connectivity index (χ0v) is 21.3. The van der Waals surface area contributed by atoms with Crippen molar-refractivity contribution in [1.29, 1.82) is 0 Å². The van der Waals surface area contributed by atoms with Gasteiger partial charge in [-0.15, -0.1) is 24.0 Å². The number of nitrogens with zero attached hydrogens (tertiary/aromatic N) is 2. The Morgan fingerprint density at radius 2 is 1.90 bits per heavy atom. The molecular weight excluding hydrogens is 503 g/mol. The predicted octanol–water partition coefficient (Wildman–Crippen LogP) is 4.04. The lowest BCUT2D eigenvalue weighted by Gasteiger charge is -2.38. The normalized spacial score (nSPS) is 19.3. The Bertz CT molecular complexity index is 832. The average Bonchev–Trinajstić information content (AvgIpc) is 2.79. The lowest BCUT2D eigenvalue weighted by Crippen LogP contribution is -2.51. The first-order valence-corrected chi connectivity index (χ1v) is 10.6. The number of rotatable bonds is 7.